The molecule has 1 N–H and O–H groups in total. The van der Waals surface area contributed by atoms with Crippen molar-refractivity contribution in [3.8, 4) is 11.4 Å². The highest BCUT2D eigenvalue weighted by molar-refractivity contribution is 7.99. The minimum Gasteiger partial charge on any atom is -1.00 e. The molecule has 0 atom stereocenters. The third-order valence-corrected chi connectivity index (χ3v) is 4.36. The van der Waals surface area contributed by atoms with Gasteiger partial charge in [-0.25, -0.2) is 0 Å². The molecule has 25 heavy (non-hydrogen) atoms. The van der Waals surface area contributed by atoms with E-state index in [-0.39, 0.29) is 12.4 Å². The number of nitrogens with zero attached hydrogens (tertiary/aromatic N) is 4. The first-order valence-electron chi connectivity index (χ1n) is 7.67. The molecule has 0 amide bonds. The van der Waals surface area contributed by atoms with Gasteiger partial charge in [0.1, 0.15) is 5.75 Å². The molecule has 0 saturated carbocycles. The van der Waals surface area contributed by atoms with Crippen molar-refractivity contribution in [2.45, 2.75) is 11.7 Å². The first kappa shape index (κ1) is 19.2. The second-order valence-electron chi connectivity index (χ2n) is 5.08. The summed E-state index contributed by atoms with van der Waals surface area (Å²) in [6, 6.07) is 18.0. The fourth-order valence-corrected chi connectivity index (χ4v) is 2.98. The molecule has 0 bridgehead atoms. The number of benzene rings is 2. The molecular weight excluding hydrogens is 358 g/mol. The van der Waals surface area contributed by atoms with E-state index in [1.807, 2.05) is 42.5 Å². The maximum absolute atomic E-state index is 5.16. The molecule has 3 rings (SSSR count). The van der Waals surface area contributed by atoms with Crippen LogP contribution in [0.1, 0.15) is 5.56 Å². The average molecular weight is 377 g/mol. The van der Waals surface area contributed by atoms with Gasteiger partial charge in [0.15, 0.2) is 0 Å². The van der Waals surface area contributed by atoms with E-state index in [9.17, 15) is 0 Å². The first-order valence-corrected chi connectivity index (χ1v) is 8.65. The van der Waals surface area contributed by atoms with Gasteiger partial charge in [-0.05, 0) is 40.3 Å². The van der Waals surface area contributed by atoms with Gasteiger partial charge in [0, 0.05) is 18.8 Å². The highest BCUT2D eigenvalue weighted by Crippen LogP contribution is 2.17. The van der Waals surface area contributed by atoms with E-state index in [1.165, 1.54) is 5.56 Å². The van der Waals surface area contributed by atoms with Crippen LogP contribution in [0.4, 0.5) is 0 Å². The van der Waals surface area contributed by atoms with Crippen molar-refractivity contribution in [3.05, 3.63) is 60.2 Å². The number of methoxy groups -OCH3 is 1. The lowest BCUT2D eigenvalue weighted by molar-refractivity contribution is -0.00000529. The monoisotopic (exact) mass is 376 g/mol. The molecule has 1 heterocycles. The van der Waals surface area contributed by atoms with E-state index in [0.717, 1.165) is 35.4 Å². The molecule has 0 spiro atoms. The Hall–Kier alpha value is -2.09. The number of nitrogens with one attached hydrogen (secondary N) is 1. The van der Waals surface area contributed by atoms with Crippen LogP contribution in [0.15, 0.2) is 59.8 Å². The fourth-order valence-electron chi connectivity index (χ4n) is 2.19. The fraction of sp³-hybridized carbons (Fsp3) is 0.235. The number of halogens is 1. The molecule has 8 heteroatoms. The summed E-state index contributed by atoms with van der Waals surface area (Å²) in [6.07, 6.45) is 0. The van der Waals surface area contributed by atoms with Gasteiger partial charge < -0.3 is 22.5 Å². The molecule has 6 nitrogen and oxygen atoms in total. The lowest BCUT2D eigenvalue weighted by atomic mass is 10.2. The van der Waals surface area contributed by atoms with E-state index in [4.69, 9.17) is 4.74 Å². The predicted octanol–water partition coefficient (Wildman–Crippen LogP) is -0.443. The second kappa shape index (κ2) is 10.0. The van der Waals surface area contributed by atoms with Crippen LogP contribution >= 0.6 is 11.8 Å². The second-order valence-corrected chi connectivity index (χ2v) is 6.14. The summed E-state index contributed by atoms with van der Waals surface area (Å²) < 4.78 is 6.91. The van der Waals surface area contributed by atoms with Crippen LogP contribution in [0, 0.1) is 0 Å². The third kappa shape index (κ3) is 5.45. The Morgan fingerprint density at radius 2 is 1.84 bits per heavy atom. The molecule has 3 aromatic rings. The smallest absolute Gasteiger partial charge is 0.214 e. The first-order chi connectivity index (χ1) is 11.9. The topological polar surface area (TPSA) is 64.9 Å². The molecule has 0 aliphatic heterocycles. The number of hydrogen-bond donors (Lipinski definition) is 1. The Morgan fingerprint density at radius 1 is 1.08 bits per heavy atom. The van der Waals surface area contributed by atoms with Crippen LogP contribution in [0.3, 0.4) is 0 Å². The summed E-state index contributed by atoms with van der Waals surface area (Å²) in [5, 5.41) is 16.1. The van der Waals surface area contributed by atoms with Crippen LogP contribution in [0.25, 0.3) is 5.69 Å². The molecule has 0 aliphatic rings. The summed E-state index contributed by atoms with van der Waals surface area (Å²) in [7, 11) is 1.67. The zero-order valence-corrected chi connectivity index (χ0v) is 15.4. The van der Waals surface area contributed by atoms with Crippen molar-refractivity contribution in [1.82, 2.24) is 25.5 Å². The van der Waals surface area contributed by atoms with E-state index >= 15 is 0 Å². The number of tetrazole rings is 1. The van der Waals surface area contributed by atoms with Gasteiger partial charge >= 0.3 is 0 Å². The standard InChI is InChI=1S/C17H19N5OS.ClH/c1-23-16-9-7-14(8-10-16)13-18-11-12-24-17-19-20-21-22(17)15-5-3-2-4-6-15;/h2-10,18H,11-13H2,1H3;1H/p-1. The number of para-hydroxylation sites is 1. The van der Waals surface area contributed by atoms with E-state index in [0.29, 0.717) is 0 Å². The minimum atomic E-state index is 0. The average Bonchev–Trinajstić information content (AvgIpc) is 3.11. The highest BCUT2D eigenvalue weighted by atomic mass is 35.5. The molecule has 0 radical (unpaired) electrons. The predicted molar refractivity (Wildman–Crippen MR) is 94.6 cm³/mol. The lowest BCUT2D eigenvalue weighted by Gasteiger charge is -2.06. The number of thioether (sulfide) groups is 1. The van der Waals surface area contributed by atoms with Gasteiger partial charge in [0.05, 0.1) is 12.8 Å². The lowest BCUT2D eigenvalue weighted by Crippen LogP contribution is -3.00. The maximum Gasteiger partial charge on any atom is 0.214 e. The van der Waals surface area contributed by atoms with Crippen LogP contribution in [-0.2, 0) is 6.54 Å². The van der Waals surface area contributed by atoms with Gasteiger partial charge in [-0.1, -0.05) is 42.1 Å². The largest absolute Gasteiger partial charge is 1.00 e. The van der Waals surface area contributed by atoms with Crippen molar-refractivity contribution < 1.29 is 17.1 Å². The van der Waals surface area contributed by atoms with Crippen molar-refractivity contribution in [1.29, 1.82) is 0 Å². The summed E-state index contributed by atoms with van der Waals surface area (Å²) in [5.74, 6) is 1.77. The molecule has 0 fully saturated rings. The minimum absolute atomic E-state index is 0. The number of ether oxygens (including phenoxy) is 1. The Kier molecular flexibility index (Phi) is 7.72. The Morgan fingerprint density at radius 3 is 2.56 bits per heavy atom. The van der Waals surface area contributed by atoms with Crippen molar-refractivity contribution >= 4 is 11.8 Å². The SMILES string of the molecule is COc1ccc(CNCCSc2nnnn2-c2ccccc2)cc1.[Cl-]. The van der Waals surface area contributed by atoms with Crippen molar-refractivity contribution in [2.75, 3.05) is 19.4 Å². The van der Waals surface area contributed by atoms with Crippen LogP contribution in [-0.4, -0.2) is 39.6 Å². The quantitative estimate of drug-likeness (QED) is 0.424. The van der Waals surface area contributed by atoms with Gasteiger partial charge in [0.25, 0.3) is 0 Å². The Bertz CT molecular complexity index is 751. The van der Waals surface area contributed by atoms with Crippen LogP contribution in [0.2, 0.25) is 0 Å². The molecular formula is C17H19ClN5OS-. The molecule has 132 valence electrons. The van der Waals surface area contributed by atoms with E-state index < -0.39 is 0 Å². The van der Waals surface area contributed by atoms with Crippen molar-refractivity contribution in [3.63, 3.8) is 0 Å². The summed E-state index contributed by atoms with van der Waals surface area (Å²) in [5.41, 5.74) is 2.20. The van der Waals surface area contributed by atoms with Gasteiger partial charge in [-0.15, -0.1) is 5.10 Å². The van der Waals surface area contributed by atoms with E-state index in [2.05, 4.69) is 33.0 Å². The zero-order chi connectivity index (χ0) is 16.6. The highest BCUT2D eigenvalue weighted by Gasteiger charge is 2.07. The van der Waals surface area contributed by atoms with Crippen LogP contribution < -0.4 is 22.5 Å². The molecule has 0 unspecified atom stereocenters. The van der Waals surface area contributed by atoms with Gasteiger partial charge in [0.2, 0.25) is 5.16 Å². The molecule has 0 aliphatic carbocycles. The summed E-state index contributed by atoms with van der Waals surface area (Å²) >= 11 is 1.63. The zero-order valence-electron chi connectivity index (χ0n) is 13.8. The van der Waals surface area contributed by atoms with Gasteiger partial charge in [-0.2, -0.15) is 4.68 Å². The summed E-state index contributed by atoms with van der Waals surface area (Å²) in [4.78, 5) is 0. The molecule has 2 aromatic carbocycles. The van der Waals surface area contributed by atoms with E-state index in [1.54, 1.807) is 23.6 Å². The molecule has 0 saturated heterocycles. The van der Waals surface area contributed by atoms with Crippen LogP contribution in [0.5, 0.6) is 5.75 Å². The third-order valence-electron chi connectivity index (χ3n) is 3.44. The Balaban J connectivity index is 0.00000225. The summed E-state index contributed by atoms with van der Waals surface area (Å²) in [6.45, 7) is 1.70. The maximum atomic E-state index is 5.16. The normalized spacial score (nSPS) is 10.3. The Labute approximate surface area is 157 Å². The molecule has 1 aromatic heterocycles. The number of rotatable bonds is 8. The number of aromatic nitrogens is 4. The number of hydrogen-bond acceptors (Lipinski definition) is 6. The van der Waals surface area contributed by atoms with Gasteiger partial charge in [-0.3, -0.25) is 0 Å². The van der Waals surface area contributed by atoms with Crippen molar-refractivity contribution in [2.24, 2.45) is 0 Å².